The molecule has 0 aliphatic carbocycles. The fourth-order valence-corrected chi connectivity index (χ4v) is 3.99. The number of hydrogen-bond donors (Lipinski definition) is 1. The Bertz CT molecular complexity index is 1070. The first kappa shape index (κ1) is 20.6. The molecule has 1 fully saturated rings. The fraction of sp³-hybridized carbons (Fsp3) is 0.318. The summed E-state index contributed by atoms with van der Waals surface area (Å²) in [7, 11) is 0. The Kier molecular flexibility index (Phi) is 6.15. The number of benzene rings is 2. The number of carbonyl (C=O) groups excluding carboxylic acids is 1. The van der Waals surface area contributed by atoms with Crippen molar-refractivity contribution in [2.45, 2.75) is 19.4 Å². The van der Waals surface area contributed by atoms with Gasteiger partial charge < -0.3 is 10.2 Å². The van der Waals surface area contributed by atoms with Crippen molar-refractivity contribution < 1.29 is 4.79 Å². The van der Waals surface area contributed by atoms with E-state index in [1.807, 2.05) is 43.3 Å². The number of nitrogens with zero attached hydrogens (tertiary/aromatic N) is 4. The summed E-state index contributed by atoms with van der Waals surface area (Å²) in [5.41, 5.74) is 2.11. The van der Waals surface area contributed by atoms with E-state index in [1.54, 1.807) is 12.1 Å². The van der Waals surface area contributed by atoms with Crippen molar-refractivity contribution in [3.8, 4) is 5.69 Å². The molecule has 3 aromatic rings. The van der Waals surface area contributed by atoms with Crippen LogP contribution in [0.2, 0.25) is 0 Å². The van der Waals surface area contributed by atoms with E-state index < -0.39 is 6.04 Å². The topological polar surface area (TPSA) is 72.2 Å². The molecule has 30 heavy (non-hydrogen) atoms. The highest BCUT2D eigenvalue weighted by Crippen LogP contribution is 2.20. The fourth-order valence-electron chi connectivity index (χ4n) is 3.73. The molecule has 0 spiro atoms. The molecule has 1 saturated heterocycles. The molecule has 0 amide bonds. The number of carbonyl (C=O) groups is 1. The molecule has 2 heterocycles. The third-order valence-corrected chi connectivity index (χ3v) is 5.95. The van der Waals surface area contributed by atoms with Gasteiger partial charge in [-0.2, -0.15) is 5.10 Å². The van der Waals surface area contributed by atoms with E-state index in [-0.39, 0.29) is 11.5 Å². The summed E-state index contributed by atoms with van der Waals surface area (Å²) in [5.74, 6) is -0.119. The van der Waals surface area contributed by atoms with Crippen molar-refractivity contribution in [3.63, 3.8) is 0 Å². The second-order valence-corrected chi connectivity index (χ2v) is 8.19. The Morgan fingerprint density at radius 2 is 1.70 bits per heavy atom. The Morgan fingerprint density at radius 3 is 2.33 bits per heavy atom. The first-order chi connectivity index (χ1) is 14.6. The maximum Gasteiger partial charge on any atom is 0.351 e. The summed E-state index contributed by atoms with van der Waals surface area (Å²) in [6.45, 7) is 5.76. The van der Waals surface area contributed by atoms with Gasteiger partial charge in [0.1, 0.15) is 12.4 Å². The van der Waals surface area contributed by atoms with Crippen molar-refractivity contribution >= 4 is 27.4 Å². The lowest BCUT2D eigenvalue weighted by Gasteiger charge is -2.29. The smallest absolute Gasteiger partial charge is 0.351 e. The predicted molar refractivity (Wildman–Crippen MR) is 121 cm³/mol. The number of halogens is 1. The van der Waals surface area contributed by atoms with Gasteiger partial charge in [-0.3, -0.25) is 4.79 Å². The van der Waals surface area contributed by atoms with Crippen molar-refractivity contribution in [2.75, 3.05) is 31.1 Å². The molecule has 1 aliphatic rings. The minimum atomic E-state index is -0.639. The van der Waals surface area contributed by atoms with E-state index >= 15 is 0 Å². The van der Waals surface area contributed by atoms with Crippen LogP contribution in [0, 0.1) is 0 Å². The number of nitrogens with one attached hydrogen (secondary N) is 1. The zero-order valence-electron chi connectivity index (χ0n) is 16.8. The van der Waals surface area contributed by atoms with Gasteiger partial charge in [0.15, 0.2) is 5.78 Å². The summed E-state index contributed by atoms with van der Waals surface area (Å²) in [6.07, 6.45) is 1.97. The standard InChI is InChI=1S/C22H24BrN5O2/c1-2-20(21(29)16-3-5-17(23)6-4-16)28-22(30)27(15-25-28)19-9-7-18(8-10-19)26-13-11-24-12-14-26/h3-10,15,20,24H,2,11-14H2,1H3. The number of ketones is 1. The van der Waals surface area contributed by atoms with Crippen LogP contribution < -0.4 is 15.9 Å². The zero-order chi connectivity index (χ0) is 21.1. The second kappa shape index (κ2) is 8.97. The Morgan fingerprint density at radius 1 is 1.07 bits per heavy atom. The Labute approximate surface area is 183 Å². The number of piperazine rings is 1. The highest BCUT2D eigenvalue weighted by atomic mass is 79.9. The van der Waals surface area contributed by atoms with Gasteiger partial charge in [0.2, 0.25) is 0 Å². The first-order valence-corrected chi connectivity index (χ1v) is 10.9. The number of Topliss-reactive ketones (excluding diaryl/α,β-unsaturated/α-hetero) is 1. The lowest BCUT2D eigenvalue weighted by atomic mass is 10.0. The van der Waals surface area contributed by atoms with E-state index in [4.69, 9.17) is 0 Å². The third-order valence-electron chi connectivity index (χ3n) is 5.42. The van der Waals surface area contributed by atoms with Crippen LogP contribution in [0.25, 0.3) is 5.69 Å². The van der Waals surface area contributed by atoms with Crippen LogP contribution in [-0.4, -0.2) is 46.3 Å². The van der Waals surface area contributed by atoms with E-state index in [2.05, 4.69) is 31.2 Å². The molecule has 0 bridgehead atoms. The molecule has 4 rings (SSSR count). The van der Waals surface area contributed by atoms with E-state index in [0.29, 0.717) is 12.0 Å². The van der Waals surface area contributed by atoms with Gasteiger partial charge in [-0.05, 0) is 42.8 Å². The number of hydrogen-bond acceptors (Lipinski definition) is 5. The molecule has 0 radical (unpaired) electrons. The molecule has 0 saturated carbocycles. The minimum absolute atomic E-state index is 0.119. The predicted octanol–water partition coefficient (Wildman–Crippen LogP) is 3.04. The zero-order valence-corrected chi connectivity index (χ0v) is 18.4. The number of anilines is 1. The third kappa shape index (κ3) is 4.11. The van der Waals surface area contributed by atoms with Crippen molar-refractivity contribution in [3.05, 3.63) is 75.4 Å². The normalized spacial score (nSPS) is 15.2. The van der Waals surface area contributed by atoms with Gasteiger partial charge >= 0.3 is 5.69 Å². The Hall–Kier alpha value is -2.71. The van der Waals surface area contributed by atoms with Crippen LogP contribution in [0.3, 0.4) is 0 Å². The molecular weight excluding hydrogens is 446 g/mol. The Balaban J connectivity index is 1.58. The first-order valence-electron chi connectivity index (χ1n) is 10.1. The van der Waals surface area contributed by atoms with E-state index in [1.165, 1.54) is 15.6 Å². The summed E-state index contributed by atoms with van der Waals surface area (Å²) >= 11 is 3.38. The molecule has 8 heteroatoms. The van der Waals surface area contributed by atoms with Crippen LogP contribution in [0.1, 0.15) is 29.7 Å². The van der Waals surface area contributed by atoms with Crippen LogP contribution in [-0.2, 0) is 0 Å². The number of aromatic nitrogens is 3. The van der Waals surface area contributed by atoms with Crippen molar-refractivity contribution in [1.82, 2.24) is 19.7 Å². The van der Waals surface area contributed by atoms with Crippen LogP contribution in [0.4, 0.5) is 5.69 Å². The average Bonchev–Trinajstić information content (AvgIpc) is 3.16. The van der Waals surface area contributed by atoms with Gasteiger partial charge in [-0.25, -0.2) is 14.0 Å². The van der Waals surface area contributed by atoms with E-state index in [0.717, 1.165) is 42.0 Å². The minimum Gasteiger partial charge on any atom is -0.369 e. The molecular formula is C22H24BrN5O2. The summed E-state index contributed by atoms with van der Waals surface area (Å²) in [4.78, 5) is 28.3. The number of rotatable bonds is 6. The van der Waals surface area contributed by atoms with Crippen molar-refractivity contribution in [1.29, 1.82) is 0 Å². The molecule has 2 aromatic carbocycles. The lowest BCUT2D eigenvalue weighted by molar-refractivity contribution is 0.0911. The highest BCUT2D eigenvalue weighted by Gasteiger charge is 2.24. The van der Waals surface area contributed by atoms with Crippen LogP contribution in [0.15, 0.2) is 64.1 Å². The molecule has 1 aromatic heterocycles. The lowest BCUT2D eigenvalue weighted by Crippen LogP contribution is -2.43. The largest absolute Gasteiger partial charge is 0.369 e. The van der Waals surface area contributed by atoms with E-state index in [9.17, 15) is 9.59 Å². The van der Waals surface area contributed by atoms with Gasteiger partial charge in [0.05, 0.1) is 5.69 Å². The SMILES string of the molecule is CCC(C(=O)c1ccc(Br)cc1)n1ncn(-c2ccc(N3CCNCC3)cc2)c1=O. The highest BCUT2D eigenvalue weighted by molar-refractivity contribution is 9.10. The molecule has 1 aliphatic heterocycles. The maximum atomic E-state index is 13.0. The van der Waals surface area contributed by atoms with Gasteiger partial charge in [0.25, 0.3) is 0 Å². The van der Waals surface area contributed by atoms with Gasteiger partial charge in [-0.1, -0.05) is 35.0 Å². The molecule has 1 atom stereocenters. The van der Waals surface area contributed by atoms with Crippen molar-refractivity contribution in [2.24, 2.45) is 0 Å². The molecule has 1 N–H and O–H groups in total. The van der Waals surface area contributed by atoms with Crippen LogP contribution >= 0.6 is 15.9 Å². The molecule has 7 nitrogen and oxygen atoms in total. The maximum absolute atomic E-state index is 13.0. The van der Waals surface area contributed by atoms with Gasteiger partial charge in [-0.15, -0.1) is 0 Å². The summed E-state index contributed by atoms with van der Waals surface area (Å²) in [5, 5.41) is 7.60. The monoisotopic (exact) mass is 469 g/mol. The molecule has 1 unspecified atom stereocenters. The second-order valence-electron chi connectivity index (χ2n) is 7.28. The quantitative estimate of drug-likeness (QED) is 0.561. The average molecular weight is 470 g/mol. The summed E-state index contributed by atoms with van der Waals surface area (Å²) < 4.78 is 3.67. The van der Waals surface area contributed by atoms with Gasteiger partial charge in [0, 0.05) is 41.9 Å². The summed E-state index contributed by atoms with van der Waals surface area (Å²) in [6, 6.07) is 14.4. The van der Waals surface area contributed by atoms with Crippen LogP contribution in [0.5, 0.6) is 0 Å². The molecule has 156 valence electrons.